The Morgan fingerprint density at radius 2 is 2.13 bits per heavy atom. The van der Waals surface area contributed by atoms with Crippen LogP contribution in [0.2, 0.25) is 0 Å². The maximum Gasteiger partial charge on any atom is 0.227 e. The third-order valence-electron chi connectivity index (χ3n) is 2.58. The van der Waals surface area contributed by atoms with Crippen molar-refractivity contribution >= 4 is 21.8 Å². The summed E-state index contributed by atoms with van der Waals surface area (Å²) < 4.78 is 0.925. The Morgan fingerprint density at radius 3 is 2.80 bits per heavy atom. The van der Waals surface area contributed by atoms with E-state index in [1.54, 1.807) is 12.4 Å². The Morgan fingerprint density at radius 1 is 1.40 bits per heavy atom. The standard InChI is InChI=1S/C11H13BrN2O/c12-10-5-9(7-13-8-10)6-11(15)14-3-1-2-4-14/h5,7-8H,1-4,6H2. The van der Waals surface area contributed by atoms with Crippen LogP contribution in [-0.2, 0) is 11.2 Å². The van der Waals surface area contributed by atoms with Gasteiger partial charge < -0.3 is 4.90 Å². The second kappa shape index (κ2) is 4.75. The summed E-state index contributed by atoms with van der Waals surface area (Å²) >= 11 is 3.35. The third kappa shape index (κ3) is 2.78. The summed E-state index contributed by atoms with van der Waals surface area (Å²) in [4.78, 5) is 17.8. The SMILES string of the molecule is O=C(Cc1cncc(Br)c1)N1CCCC1. The van der Waals surface area contributed by atoms with Gasteiger partial charge in [0, 0.05) is 30.0 Å². The Balaban J connectivity index is 1.99. The predicted molar refractivity (Wildman–Crippen MR) is 61.5 cm³/mol. The zero-order valence-electron chi connectivity index (χ0n) is 8.45. The van der Waals surface area contributed by atoms with Gasteiger partial charge in [-0.15, -0.1) is 0 Å². The molecule has 0 aromatic carbocycles. The maximum absolute atomic E-state index is 11.8. The number of carbonyl (C=O) groups is 1. The second-order valence-corrected chi connectivity index (χ2v) is 4.69. The summed E-state index contributed by atoms with van der Waals surface area (Å²) in [5, 5.41) is 0. The summed E-state index contributed by atoms with van der Waals surface area (Å²) in [6, 6.07) is 1.95. The minimum Gasteiger partial charge on any atom is -0.342 e. The fourth-order valence-corrected chi connectivity index (χ4v) is 2.22. The van der Waals surface area contributed by atoms with Crippen molar-refractivity contribution in [3.05, 3.63) is 28.5 Å². The molecule has 1 amide bonds. The first-order chi connectivity index (χ1) is 7.25. The highest BCUT2D eigenvalue weighted by atomic mass is 79.9. The van der Waals surface area contributed by atoms with Crippen LogP contribution in [0.4, 0.5) is 0 Å². The lowest BCUT2D eigenvalue weighted by molar-refractivity contribution is -0.129. The quantitative estimate of drug-likeness (QED) is 0.822. The largest absolute Gasteiger partial charge is 0.342 e. The van der Waals surface area contributed by atoms with Crippen molar-refractivity contribution < 1.29 is 4.79 Å². The second-order valence-electron chi connectivity index (χ2n) is 3.78. The molecule has 0 radical (unpaired) electrons. The molecule has 0 aliphatic carbocycles. The first kappa shape index (κ1) is 10.6. The van der Waals surface area contributed by atoms with Gasteiger partial charge in [-0.3, -0.25) is 9.78 Å². The highest BCUT2D eigenvalue weighted by Crippen LogP contribution is 2.13. The van der Waals surface area contributed by atoms with Crippen molar-refractivity contribution in [1.29, 1.82) is 0 Å². The molecule has 2 rings (SSSR count). The molecule has 0 unspecified atom stereocenters. The Hall–Kier alpha value is -0.900. The molecule has 1 aromatic rings. The molecule has 0 atom stereocenters. The summed E-state index contributed by atoms with van der Waals surface area (Å²) in [7, 11) is 0. The molecular weight excluding hydrogens is 256 g/mol. The van der Waals surface area contributed by atoms with Crippen LogP contribution in [0.5, 0.6) is 0 Å². The first-order valence-electron chi connectivity index (χ1n) is 5.13. The first-order valence-corrected chi connectivity index (χ1v) is 5.92. The highest BCUT2D eigenvalue weighted by Gasteiger charge is 2.17. The molecule has 15 heavy (non-hydrogen) atoms. The average molecular weight is 269 g/mol. The summed E-state index contributed by atoms with van der Waals surface area (Å²) in [5.41, 5.74) is 0.973. The van der Waals surface area contributed by atoms with Crippen molar-refractivity contribution in [2.75, 3.05) is 13.1 Å². The number of amides is 1. The number of halogens is 1. The van der Waals surface area contributed by atoms with Crippen LogP contribution in [0.1, 0.15) is 18.4 Å². The van der Waals surface area contributed by atoms with E-state index in [0.29, 0.717) is 6.42 Å². The van der Waals surface area contributed by atoms with E-state index in [0.717, 1.165) is 36.0 Å². The summed E-state index contributed by atoms with van der Waals surface area (Å²) in [6.45, 7) is 1.83. The van der Waals surface area contributed by atoms with Gasteiger partial charge in [-0.25, -0.2) is 0 Å². The van der Waals surface area contributed by atoms with Gasteiger partial charge in [0.15, 0.2) is 0 Å². The van der Waals surface area contributed by atoms with Crippen LogP contribution in [0, 0.1) is 0 Å². The monoisotopic (exact) mass is 268 g/mol. The molecule has 2 heterocycles. The normalized spacial score (nSPS) is 15.7. The third-order valence-corrected chi connectivity index (χ3v) is 3.01. The van der Waals surface area contributed by atoms with Gasteiger partial charge in [0.2, 0.25) is 5.91 Å². The zero-order valence-corrected chi connectivity index (χ0v) is 10.0. The Labute approximate surface area is 97.6 Å². The van der Waals surface area contributed by atoms with Crippen molar-refractivity contribution in [1.82, 2.24) is 9.88 Å². The van der Waals surface area contributed by atoms with E-state index in [1.165, 1.54) is 0 Å². The molecule has 0 spiro atoms. The molecule has 0 saturated carbocycles. The van der Waals surface area contributed by atoms with E-state index in [9.17, 15) is 4.79 Å². The minimum absolute atomic E-state index is 0.215. The van der Waals surface area contributed by atoms with Gasteiger partial charge in [0.25, 0.3) is 0 Å². The molecule has 1 saturated heterocycles. The number of nitrogens with zero attached hydrogens (tertiary/aromatic N) is 2. The topological polar surface area (TPSA) is 33.2 Å². The number of hydrogen-bond acceptors (Lipinski definition) is 2. The number of rotatable bonds is 2. The van der Waals surface area contributed by atoms with Gasteiger partial charge in [0.05, 0.1) is 6.42 Å². The zero-order chi connectivity index (χ0) is 10.7. The molecule has 4 heteroatoms. The molecule has 80 valence electrons. The number of carbonyl (C=O) groups excluding carboxylic acids is 1. The molecular formula is C11H13BrN2O. The van der Waals surface area contributed by atoms with Crippen molar-refractivity contribution in [2.45, 2.75) is 19.3 Å². The molecule has 1 fully saturated rings. The van der Waals surface area contributed by atoms with Gasteiger partial charge in [-0.1, -0.05) is 0 Å². The minimum atomic E-state index is 0.215. The van der Waals surface area contributed by atoms with E-state index in [4.69, 9.17) is 0 Å². The molecule has 3 nitrogen and oxygen atoms in total. The van der Waals surface area contributed by atoms with E-state index in [1.807, 2.05) is 11.0 Å². The lowest BCUT2D eigenvalue weighted by Gasteiger charge is -2.14. The van der Waals surface area contributed by atoms with Gasteiger partial charge >= 0.3 is 0 Å². The fourth-order valence-electron chi connectivity index (χ4n) is 1.81. The number of aromatic nitrogens is 1. The summed E-state index contributed by atoms with van der Waals surface area (Å²) in [5.74, 6) is 0.215. The van der Waals surface area contributed by atoms with Crippen LogP contribution in [-0.4, -0.2) is 28.9 Å². The van der Waals surface area contributed by atoms with E-state index < -0.39 is 0 Å². The lowest BCUT2D eigenvalue weighted by Crippen LogP contribution is -2.29. The maximum atomic E-state index is 11.8. The smallest absolute Gasteiger partial charge is 0.227 e. The molecule has 1 aliphatic rings. The van der Waals surface area contributed by atoms with Crippen LogP contribution >= 0.6 is 15.9 Å². The van der Waals surface area contributed by atoms with E-state index in [2.05, 4.69) is 20.9 Å². The molecule has 0 bridgehead atoms. The van der Waals surface area contributed by atoms with Crippen LogP contribution < -0.4 is 0 Å². The Bertz CT molecular complexity index is 361. The number of hydrogen-bond donors (Lipinski definition) is 0. The molecule has 1 aromatic heterocycles. The van der Waals surface area contributed by atoms with Gasteiger partial charge in [-0.2, -0.15) is 0 Å². The molecule has 1 aliphatic heterocycles. The summed E-state index contributed by atoms with van der Waals surface area (Å²) in [6.07, 6.45) is 6.22. The fraction of sp³-hybridized carbons (Fsp3) is 0.455. The number of pyridine rings is 1. The van der Waals surface area contributed by atoms with E-state index in [-0.39, 0.29) is 5.91 Å². The Kier molecular flexibility index (Phi) is 3.36. The number of likely N-dealkylation sites (tertiary alicyclic amines) is 1. The van der Waals surface area contributed by atoms with Crippen LogP contribution in [0.3, 0.4) is 0 Å². The average Bonchev–Trinajstić information content (AvgIpc) is 2.70. The van der Waals surface area contributed by atoms with Crippen LogP contribution in [0.25, 0.3) is 0 Å². The van der Waals surface area contributed by atoms with E-state index >= 15 is 0 Å². The van der Waals surface area contributed by atoms with Gasteiger partial charge in [-0.05, 0) is 40.4 Å². The molecule has 0 N–H and O–H groups in total. The van der Waals surface area contributed by atoms with Crippen molar-refractivity contribution in [3.8, 4) is 0 Å². The predicted octanol–water partition coefficient (Wildman–Crippen LogP) is 2.01. The van der Waals surface area contributed by atoms with Crippen LogP contribution in [0.15, 0.2) is 22.9 Å². The van der Waals surface area contributed by atoms with Gasteiger partial charge in [0.1, 0.15) is 0 Å². The van der Waals surface area contributed by atoms with Crippen molar-refractivity contribution in [2.24, 2.45) is 0 Å². The highest BCUT2D eigenvalue weighted by molar-refractivity contribution is 9.10. The lowest BCUT2D eigenvalue weighted by atomic mass is 10.2. The van der Waals surface area contributed by atoms with Crippen molar-refractivity contribution in [3.63, 3.8) is 0 Å².